The van der Waals surface area contributed by atoms with Crippen LogP contribution < -0.4 is 5.32 Å². The third kappa shape index (κ3) is 4.43. The molecule has 0 aromatic carbocycles. The van der Waals surface area contributed by atoms with Gasteiger partial charge in [-0.3, -0.25) is 0 Å². The SMILES string of the molecule is CCC(CC)COCC1CCCNC1. The standard InChI is InChI=1S/C12H25NO/c1-3-11(4-2)9-14-10-12-6-5-7-13-8-12/h11-13H,3-10H2,1-2H3. The lowest BCUT2D eigenvalue weighted by molar-refractivity contribution is 0.0620. The summed E-state index contributed by atoms with van der Waals surface area (Å²) < 4.78 is 5.78. The first-order valence-corrected chi connectivity index (χ1v) is 6.15. The molecule has 0 aromatic heterocycles. The Kier molecular flexibility index (Phi) is 6.20. The molecule has 1 heterocycles. The van der Waals surface area contributed by atoms with E-state index in [1.165, 1.54) is 32.2 Å². The maximum Gasteiger partial charge on any atom is 0.0506 e. The lowest BCUT2D eigenvalue weighted by atomic mass is 10.0. The smallest absolute Gasteiger partial charge is 0.0506 e. The molecule has 0 aliphatic carbocycles. The van der Waals surface area contributed by atoms with E-state index in [9.17, 15) is 0 Å². The van der Waals surface area contributed by atoms with Crippen LogP contribution in [0.15, 0.2) is 0 Å². The Hall–Kier alpha value is -0.0800. The fourth-order valence-corrected chi connectivity index (χ4v) is 1.99. The number of nitrogens with one attached hydrogen (secondary N) is 1. The lowest BCUT2D eigenvalue weighted by Gasteiger charge is -2.23. The van der Waals surface area contributed by atoms with Crippen LogP contribution in [0.4, 0.5) is 0 Å². The Labute approximate surface area is 88.4 Å². The van der Waals surface area contributed by atoms with Crippen molar-refractivity contribution in [2.45, 2.75) is 39.5 Å². The van der Waals surface area contributed by atoms with Crippen molar-refractivity contribution in [3.8, 4) is 0 Å². The van der Waals surface area contributed by atoms with Crippen molar-refractivity contribution < 1.29 is 4.74 Å². The maximum absolute atomic E-state index is 5.78. The van der Waals surface area contributed by atoms with Crippen LogP contribution in [0, 0.1) is 11.8 Å². The van der Waals surface area contributed by atoms with Gasteiger partial charge >= 0.3 is 0 Å². The highest BCUT2D eigenvalue weighted by atomic mass is 16.5. The predicted molar refractivity (Wildman–Crippen MR) is 60.5 cm³/mol. The highest BCUT2D eigenvalue weighted by Crippen LogP contribution is 2.12. The first-order chi connectivity index (χ1) is 6.86. The summed E-state index contributed by atoms with van der Waals surface area (Å²) in [5, 5.41) is 3.42. The molecule has 84 valence electrons. The second-order valence-corrected chi connectivity index (χ2v) is 4.43. The van der Waals surface area contributed by atoms with Gasteiger partial charge in [-0.1, -0.05) is 26.7 Å². The fourth-order valence-electron chi connectivity index (χ4n) is 1.99. The Bertz CT molecular complexity index is 128. The highest BCUT2D eigenvalue weighted by molar-refractivity contribution is 4.68. The zero-order valence-electron chi connectivity index (χ0n) is 9.72. The molecule has 0 aromatic rings. The largest absolute Gasteiger partial charge is 0.381 e. The van der Waals surface area contributed by atoms with E-state index in [1.54, 1.807) is 0 Å². The Morgan fingerprint density at radius 3 is 2.71 bits per heavy atom. The molecule has 2 heteroatoms. The Morgan fingerprint density at radius 2 is 2.14 bits per heavy atom. The monoisotopic (exact) mass is 199 g/mol. The van der Waals surface area contributed by atoms with Crippen LogP contribution in [0.2, 0.25) is 0 Å². The number of piperidine rings is 1. The van der Waals surface area contributed by atoms with Gasteiger partial charge in [0.2, 0.25) is 0 Å². The molecule has 1 unspecified atom stereocenters. The van der Waals surface area contributed by atoms with E-state index in [-0.39, 0.29) is 0 Å². The first-order valence-electron chi connectivity index (χ1n) is 6.15. The Morgan fingerprint density at radius 1 is 1.36 bits per heavy atom. The minimum atomic E-state index is 0.762. The number of hydrogen-bond acceptors (Lipinski definition) is 2. The molecule has 1 rings (SSSR count). The predicted octanol–water partition coefficient (Wildman–Crippen LogP) is 2.44. The molecule has 2 nitrogen and oxygen atoms in total. The molecular formula is C12H25NO. The van der Waals surface area contributed by atoms with Gasteiger partial charge in [0.15, 0.2) is 0 Å². The van der Waals surface area contributed by atoms with Gasteiger partial charge in [-0.15, -0.1) is 0 Å². The molecule has 1 saturated heterocycles. The fraction of sp³-hybridized carbons (Fsp3) is 1.00. The summed E-state index contributed by atoms with van der Waals surface area (Å²) in [6.45, 7) is 8.78. The van der Waals surface area contributed by atoms with Crippen molar-refractivity contribution in [3.63, 3.8) is 0 Å². The topological polar surface area (TPSA) is 21.3 Å². The van der Waals surface area contributed by atoms with Crippen molar-refractivity contribution in [1.82, 2.24) is 5.32 Å². The molecule has 0 bridgehead atoms. The van der Waals surface area contributed by atoms with Crippen molar-refractivity contribution >= 4 is 0 Å². The summed E-state index contributed by atoms with van der Waals surface area (Å²) in [7, 11) is 0. The Balaban J connectivity index is 2.01. The normalized spacial score (nSPS) is 22.9. The average molecular weight is 199 g/mol. The van der Waals surface area contributed by atoms with E-state index in [4.69, 9.17) is 4.74 Å². The van der Waals surface area contributed by atoms with Gasteiger partial charge in [-0.2, -0.15) is 0 Å². The second kappa shape index (κ2) is 7.24. The van der Waals surface area contributed by atoms with Gasteiger partial charge in [0.1, 0.15) is 0 Å². The summed E-state index contributed by atoms with van der Waals surface area (Å²) in [4.78, 5) is 0. The molecule has 0 saturated carbocycles. The number of hydrogen-bond donors (Lipinski definition) is 1. The quantitative estimate of drug-likeness (QED) is 0.709. The van der Waals surface area contributed by atoms with Gasteiger partial charge in [-0.05, 0) is 31.2 Å². The van der Waals surface area contributed by atoms with Crippen LogP contribution >= 0.6 is 0 Å². The van der Waals surface area contributed by atoms with Gasteiger partial charge in [0.25, 0.3) is 0 Å². The zero-order valence-corrected chi connectivity index (χ0v) is 9.72. The summed E-state index contributed by atoms with van der Waals surface area (Å²) >= 11 is 0. The molecule has 1 aliphatic heterocycles. The van der Waals surface area contributed by atoms with Crippen LogP contribution in [-0.4, -0.2) is 26.3 Å². The molecule has 0 radical (unpaired) electrons. The van der Waals surface area contributed by atoms with Crippen LogP contribution in [0.3, 0.4) is 0 Å². The van der Waals surface area contributed by atoms with Gasteiger partial charge < -0.3 is 10.1 Å². The lowest BCUT2D eigenvalue weighted by Crippen LogP contribution is -2.32. The minimum absolute atomic E-state index is 0.762. The molecular weight excluding hydrogens is 174 g/mol. The van der Waals surface area contributed by atoms with Crippen molar-refractivity contribution in [2.24, 2.45) is 11.8 Å². The van der Waals surface area contributed by atoms with Crippen LogP contribution in [0.25, 0.3) is 0 Å². The third-order valence-electron chi connectivity index (χ3n) is 3.26. The van der Waals surface area contributed by atoms with E-state index < -0.39 is 0 Å². The highest BCUT2D eigenvalue weighted by Gasteiger charge is 2.13. The number of ether oxygens (including phenoxy) is 1. The van der Waals surface area contributed by atoms with Crippen molar-refractivity contribution in [2.75, 3.05) is 26.3 Å². The van der Waals surface area contributed by atoms with E-state index in [2.05, 4.69) is 19.2 Å². The van der Waals surface area contributed by atoms with Crippen molar-refractivity contribution in [1.29, 1.82) is 0 Å². The molecule has 0 amide bonds. The van der Waals surface area contributed by atoms with Crippen molar-refractivity contribution in [3.05, 3.63) is 0 Å². The minimum Gasteiger partial charge on any atom is -0.381 e. The molecule has 0 spiro atoms. The van der Waals surface area contributed by atoms with E-state index in [0.29, 0.717) is 0 Å². The molecule has 1 N–H and O–H groups in total. The first kappa shape index (κ1) is 12.0. The number of rotatable bonds is 6. The summed E-state index contributed by atoms with van der Waals surface area (Å²) in [6.07, 6.45) is 5.16. The summed E-state index contributed by atoms with van der Waals surface area (Å²) in [6, 6.07) is 0. The van der Waals surface area contributed by atoms with Gasteiger partial charge in [0.05, 0.1) is 6.61 Å². The van der Waals surface area contributed by atoms with E-state index in [1.807, 2.05) is 0 Å². The summed E-state index contributed by atoms with van der Waals surface area (Å²) in [5.74, 6) is 1.53. The van der Waals surface area contributed by atoms with Gasteiger partial charge in [-0.25, -0.2) is 0 Å². The van der Waals surface area contributed by atoms with Crippen LogP contribution in [0.5, 0.6) is 0 Å². The van der Waals surface area contributed by atoms with E-state index >= 15 is 0 Å². The molecule has 1 atom stereocenters. The molecule has 1 aliphatic rings. The van der Waals surface area contributed by atoms with Crippen LogP contribution in [0.1, 0.15) is 39.5 Å². The second-order valence-electron chi connectivity index (χ2n) is 4.43. The zero-order chi connectivity index (χ0) is 10.2. The molecule has 1 fully saturated rings. The van der Waals surface area contributed by atoms with Gasteiger partial charge in [0, 0.05) is 13.2 Å². The average Bonchev–Trinajstić information content (AvgIpc) is 2.26. The van der Waals surface area contributed by atoms with Crippen LogP contribution in [-0.2, 0) is 4.74 Å². The maximum atomic E-state index is 5.78. The van der Waals surface area contributed by atoms with E-state index in [0.717, 1.165) is 31.6 Å². The third-order valence-corrected chi connectivity index (χ3v) is 3.26. The molecule has 14 heavy (non-hydrogen) atoms. The summed E-state index contributed by atoms with van der Waals surface area (Å²) in [5.41, 5.74) is 0.